The van der Waals surface area contributed by atoms with E-state index in [-0.39, 0.29) is 0 Å². The van der Waals surface area contributed by atoms with Crippen LogP contribution in [0.2, 0.25) is 5.02 Å². The number of nitro groups is 1. The van der Waals surface area contributed by atoms with Gasteiger partial charge < -0.3 is 10.1 Å². The lowest BCUT2D eigenvalue weighted by atomic mass is 10.1. The molecule has 1 aromatic carbocycles. The molecule has 0 saturated carbocycles. The lowest BCUT2D eigenvalue weighted by Gasteiger charge is -2.10. The number of hydrogen-bond donors (Lipinski definition) is 2. The number of hydrogen-bond acceptors (Lipinski definition) is 4. The molecule has 2 rings (SSSR count). The van der Waals surface area contributed by atoms with E-state index in [0.29, 0.717) is 12.1 Å². The summed E-state index contributed by atoms with van der Waals surface area (Å²) >= 11 is 5.60. The smallest absolute Gasteiger partial charge is 0.416 e. The van der Waals surface area contributed by atoms with Crippen molar-refractivity contribution in [2.75, 3.05) is 0 Å². The minimum absolute atomic E-state index is 0.425. The Morgan fingerprint density at radius 2 is 1.95 bits per heavy atom. The summed E-state index contributed by atoms with van der Waals surface area (Å²) < 4.78 is 37.7. The average Bonchev–Trinajstić information content (AvgIpc) is 2.25. The fourth-order valence-electron chi connectivity index (χ4n) is 1.69. The highest BCUT2D eigenvalue weighted by atomic mass is 35.5. The largest absolute Gasteiger partial charge is 0.501 e. The first-order valence-corrected chi connectivity index (χ1v) is 5.31. The molecule has 0 bridgehead atoms. The van der Waals surface area contributed by atoms with E-state index in [1.54, 1.807) is 0 Å². The quantitative estimate of drug-likeness (QED) is 0.625. The predicted molar refractivity (Wildman–Crippen MR) is 62.9 cm³/mol. The number of benzene rings is 1. The van der Waals surface area contributed by atoms with Crippen molar-refractivity contribution in [3.8, 4) is 5.75 Å². The minimum atomic E-state index is -4.72. The first kappa shape index (κ1) is 14.1. The molecular formula is C10H4ClF3N2O4. The van der Waals surface area contributed by atoms with Crippen molar-refractivity contribution >= 4 is 28.2 Å². The van der Waals surface area contributed by atoms with Crippen LogP contribution in [-0.4, -0.2) is 15.0 Å². The summed E-state index contributed by atoms with van der Waals surface area (Å²) in [6.45, 7) is 0. The van der Waals surface area contributed by atoms with Crippen LogP contribution in [-0.2, 0) is 6.18 Å². The third-order valence-electron chi connectivity index (χ3n) is 2.52. The molecular weight excluding hydrogens is 305 g/mol. The SMILES string of the molecule is O=c1[nH]c2cc(C(F)(F)F)cc(Cl)c2c(O)c1[N+](=O)[O-]. The van der Waals surface area contributed by atoms with Crippen LogP contribution in [0.1, 0.15) is 5.56 Å². The zero-order chi connectivity index (χ0) is 15.2. The molecule has 6 nitrogen and oxygen atoms in total. The van der Waals surface area contributed by atoms with Gasteiger partial charge in [-0.25, -0.2) is 0 Å². The molecule has 20 heavy (non-hydrogen) atoms. The molecule has 1 heterocycles. The van der Waals surface area contributed by atoms with Gasteiger partial charge in [-0.15, -0.1) is 0 Å². The fourth-order valence-corrected chi connectivity index (χ4v) is 2.00. The maximum absolute atomic E-state index is 12.6. The van der Waals surface area contributed by atoms with Gasteiger partial charge in [0.2, 0.25) is 5.75 Å². The van der Waals surface area contributed by atoms with Gasteiger partial charge >= 0.3 is 17.4 Å². The van der Waals surface area contributed by atoms with Crippen LogP contribution in [0.15, 0.2) is 16.9 Å². The van der Waals surface area contributed by atoms with Crippen LogP contribution < -0.4 is 5.56 Å². The average molecular weight is 309 g/mol. The maximum Gasteiger partial charge on any atom is 0.416 e. The molecule has 1 aromatic heterocycles. The number of aromatic nitrogens is 1. The van der Waals surface area contributed by atoms with Gasteiger partial charge in [0, 0.05) is 0 Å². The third-order valence-corrected chi connectivity index (χ3v) is 2.82. The van der Waals surface area contributed by atoms with Crippen molar-refractivity contribution in [1.82, 2.24) is 4.98 Å². The molecule has 0 atom stereocenters. The maximum atomic E-state index is 12.6. The van der Waals surface area contributed by atoms with Crippen LogP contribution in [0, 0.1) is 10.1 Å². The van der Waals surface area contributed by atoms with Crippen LogP contribution in [0.3, 0.4) is 0 Å². The van der Waals surface area contributed by atoms with E-state index in [2.05, 4.69) is 0 Å². The number of aromatic amines is 1. The van der Waals surface area contributed by atoms with E-state index in [1.807, 2.05) is 4.98 Å². The molecule has 2 aromatic rings. The summed E-state index contributed by atoms with van der Waals surface area (Å²) in [6.07, 6.45) is -4.72. The minimum Gasteiger partial charge on any atom is -0.501 e. The molecule has 10 heteroatoms. The molecule has 0 unspecified atom stereocenters. The number of fused-ring (bicyclic) bond motifs is 1. The molecule has 0 radical (unpaired) electrons. The Hall–Kier alpha value is -2.29. The number of alkyl halides is 3. The van der Waals surface area contributed by atoms with Crippen molar-refractivity contribution in [3.63, 3.8) is 0 Å². The molecule has 0 aliphatic rings. The Balaban J connectivity index is 2.93. The van der Waals surface area contributed by atoms with E-state index in [4.69, 9.17) is 11.6 Å². The molecule has 106 valence electrons. The van der Waals surface area contributed by atoms with E-state index < -0.39 is 49.6 Å². The second-order valence-corrected chi connectivity index (χ2v) is 4.19. The van der Waals surface area contributed by atoms with E-state index in [1.165, 1.54) is 0 Å². The van der Waals surface area contributed by atoms with Crippen LogP contribution >= 0.6 is 11.6 Å². The topological polar surface area (TPSA) is 96.2 Å². The van der Waals surface area contributed by atoms with Gasteiger partial charge in [-0.1, -0.05) is 11.6 Å². The second kappa shape index (κ2) is 4.37. The van der Waals surface area contributed by atoms with Gasteiger partial charge in [-0.3, -0.25) is 14.9 Å². The Morgan fingerprint density at radius 3 is 2.45 bits per heavy atom. The lowest BCUT2D eigenvalue weighted by Crippen LogP contribution is -2.13. The van der Waals surface area contributed by atoms with Gasteiger partial charge in [-0.2, -0.15) is 13.2 Å². The lowest BCUT2D eigenvalue weighted by molar-refractivity contribution is -0.387. The Bertz CT molecular complexity index is 785. The van der Waals surface area contributed by atoms with Crippen molar-refractivity contribution in [1.29, 1.82) is 0 Å². The predicted octanol–water partition coefficient (Wildman–Crippen LogP) is 2.81. The van der Waals surface area contributed by atoms with Crippen LogP contribution in [0.4, 0.5) is 18.9 Å². The van der Waals surface area contributed by atoms with Crippen molar-refractivity contribution in [3.05, 3.63) is 43.2 Å². The van der Waals surface area contributed by atoms with Gasteiger partial charge in [0.1, 0.15) is 0 Å². The number of halogens is 4. The van der Waals surface area contributed by atoms with Crippen LogP contribution in [0.25, 0.3) is 10.9 Å². The first-order valence-electron chi connectivity index (χ1n) is 4.93. The van der Waals surface area contributed by atoms with E-state index >= 15 is 0 Å². The van der Waals surface area contributed by atoms with Gasteiger partial charge in [0.25, 0.3) is 0 Å². The molecule has 0 aliphatic heterocycles. The highest BCUT2D eigenvalue weighted by molar-refractivity contribution is 6.36. The summed E-state index contributed by atoms with van der Waals surface area (Å²) in [7, 11) is 0. The number of rotatable bonds is 1. The van der Waals surface area contributed by atoms with E-state index in [9.17, 15) is 33.2 Å². The zero-order valence-electron chi connectivity index (χ0n) is 9.29. The molecule has 0 aliphatic carbocycles. The monoisotopic (exact) mass is 308 g/mol. The molecule has 0 saturated heterocycles. The van der Waals surface area contributed by atoms with Gasteiger partial charge in [0.15, 0.2) is 0 Å². The standard InChI is InChI=1S/C10H4ClF3N2O4/c11-4-1-3(10(12,13)14)2-5-6(4)8(17)7(16(19)20)9(18)15-5/h1-2H,(H2,15,17,18). The summed E-state index contributed by atoms with van der Waals surface area (Å²) in [6, 6.07) is 1.04. The van der Waals surface area contributed by atoms with Gasteiger partial charge in [-0.05, 0) is 12.1 Å². The first-order chi connectivity index (χ1) is 9.12. The number of nitrogens with zero attached hydrogens (tertiary/aromatic N) is 1. The molecule has 0 spiro atoms. The van der Waals surface area contributed by atoms with Crippen molar-refractivity contribution < 1.29 is 23.2 Å². The summed E-state index contributed by atoms with van der Waals surface area (Å²) in [5.74, 6) is -1.08. The highest BCUT2D eigenvalue weighted by Crippen LogP contribution is 2.39. The normalized spacial score (nSPS) is 11.8. The number of nitrogens with one attached hydrogen (secondary N) is 1. The van der Waals surface area contributed by atoms with Crippen molar-refractivity contribution in [2.45, 2.75) is 6.18 Å². The summed E-state index contributed by atoms with van der Waals surface area (Å²) in [5.41, 5.74) is -4.11. The number of pyridine rings is 1. The summed E-state index contributed by atoms with van der Waals surface area (Å²) in [4.78, 5) is 22.8. The van der Waals surface area contributed by atoms with E-state index in [0.717, 1.165) is 0 Å². The highest BCUT2D eigenvalue weighted by Gasteiger charge is 2.33. The molecule has 0 fully saturated rings. The second-order valence-electron chi connectivity index (χ2n) is 3.79. The Morgan fingerprint density at radius 1 is 1.35 bits per heavy atom. The summed E-state index contributed by atoms with van der Waals surface area (Å²) in [5, 5.41) is 19.3. The Labute approximate surface area is 112 Å². The molecule has 0 amide bonds. The van der Waals surface area contributed by atoms with Gasteiger partial charge in [0.05, 0.1) is 26.4 Å². The third kappa shape index (κ3) is 2.16. The number of aromatic hydroxyl groups is 1. The van der Waals surface area contributed by atoms with Crippen molar-refractivity contribution in [2.24, 2.45) is 0 Å². The zero-order valence-corrected chi connectivity index (χ0v) is 10.0. The molecule has 2 N–H and O–H groups in total. The Kier molecular flexibility index (Phi) is 3.09. The number of H-pyrrole nitrogens is 1. The van der Waals surface area contributed by atoms with Crippen LogP contribution in [0.5, 0.6) is 5.75 Å². The fraction of sp³-hybridized carbons (Fsp3) is 0.100.